The number of nitrogens with one attached hydrogen (secondary N) is 3. The van der Waals surface area contributed by atoms with Crippen molar-refractivity contribution in [2.45, 2.75) is 32.1 Å². The van der Waals surface area contributed by atoms with Crippen LogP contribution >= 0.6 is 0 Å². The van der Waals surface area contributed by atoms with Crippen molar-refractivity contribution in [3.05, 3.63) is 64.3 Å². The molecule has 1 aliphatic rings. The molecule has 35 heavy (non-hydrogen) atoms. The Morgan fingerprint density at radius 2 is 1.94 bits per heavy atom. The number of benzene rings is 2. The van der Waals surface area contributed by atoms with Crippen molar-refractivity contribution in [1.29, 1.82) is 0 Å². The van der Waals surface area contributed by atoms with Gasteiger partial charge in [-0.15, -0.1) is 0 Å². The SMILES string of the molecule is O=C(CCc1nc(-c2ccc3c(c2)CCO3)no1)NCCCCNc1n[nH]c(=O)c2ccccc12. The Morgan fingerprint density at radius 3 is 2.86 bits per heavy atom. The summed E-state index contributed by atoms with van der Waals surface area (Å²) in [7, 11) is 0. The van der Waals surface area contributed by atoms with E-state index in [9.17, 15) is 9.59 Å². The summed E-state index contributed by atoms with van der Waals surface area (Å²) in [5, 5.41) is 18.2. The molecular formula is C25H26N6O4. The molecule has 0 spiro atoms. The molecule has 1 amide bonds. The molecule has 2 aromatic carbocycles. The van der Waals surface area contributed by atoms with Crippen molar-refractivity contribution in [3.8, 4) is 17.1 Å². The standard InChI is InChI=1S/C25H26N6O4/c32-21(9-10-22-28-23(31-35-22)17-7-8-20-16(15-17)11-14-34-20)26-12-3-4-13-27-24-18-5-1-2-6-19(18)25(33)30-29-24/h1-2,5-8,15H,3-4,9-14H2,(H,26,32)(H,27,29)(H,30,33). The van der Waals surface area contributed by atoms with E-state index in [2.05, 4.69) is 31.0 Å². The molecule has 5 rings (SSSR count). The van der Waals surface area contributed by atoms with Gasteiger partial charge in [0, 0.05) is 43.3 Å². The van der Waals surface area contributed by atoms with Crippen molar-refractivity contribution >= 4 is 22.5 Å². The van der Waals surface area contributed by atoms with E-state index in [1.807, 2.05) is 36.4 Å². The molecule has 0 aliphatic carbocycles. The lowest BCUT2D eigenvalue weighted by Crippen LogP contribution is -2.25. The monoisotopic (exact) mass is 474 g/mol. The van der Waals surface area contributed by atoms with Crippen LogP contribution in [0.5, 0.6) is 5.75 Å². The molecule has 3 N–H and O–H groups in total. The maximum absolute atomic E-state index is 12.2. The molecule has 0 radical (unpaired) electrons. The predicted octanol–water partition coefficient (Wildman–Crippen LogP) is 2.85. The average Bonchev–Trinajstić information content (AvgIpc) is 3.55. The highest BCUT2D eigenvalue weighted by molar-refractivity contribution is 5.90. The third-order valence-electron chi connectivity index (χ3n) is 5.90. The van der Waals surface area contributed by atoms with Gasteiger partial charge in [0.2, 0.25) is 17.6 Å². The van der Waals surface area contributed by atoms with Crippen LogP contribution in [0.3, 0.4) is 0 Å². The van der Waals surface area contributed by atoms with Crippen LogP contribution in [0.4, 0.5) is 5.82 Å². The molecular weight excluding hydrogens is 448 g/mol. The van der Waals surface area contributed by atoms with Gasteiger partial charge < -0.3 is 19.9 Å². The number of hydrogen-bond donors (Lipinski definition) is 3. The van der Waals surface area contributed by atoms with Crippen LogP contribution in [0, 0.1) is 0 Å². The third kappa shape index (κ3) is 5.32. The Bertz CT molecular complexity index is 1400. The second-order valence-electron chi connectivity index (χ2n) is 8.36. The molecule has 0 bridgehead atoms. The Morgan fingerprint density at radius 1 is 1.09 bits per heavy atom. The van der Waals surface area contributed by atoms with Crippen LogP contribution in [0.15, 0.2) is 51.8 Å². The second kappa shape index (κ2) is 10.4. The Hall–Kier alpha value is -4.21. The van der Waals surface area contributed by atoms with E-state index in [0.29, 0.717) is 49.0 Å². The highest BCUT2D eigenvalue weighted by atomic mass is 16.5. The third-order valence-corrected chi connectivity index (χ3v) is 5.90. The first-order valence-electron chi connectivity index (χ1n) is 11.7. The van der Waals surface area contributed by atoms with E-state index in [4.69, 9.17) is 9.26 Å². The van der Waals surface area contributed by atoms with Gasteiger partial charge in [-0.25, -0.2) is 5.10 Å². The zero-order valence-corrected chi connectivity index (χ0v) is 19.2. The number of amides is 1. The number of aryl methyl sites for hydroxylation is 1. The van der Waals surface area contributed by atoms with Gasteiger partial charge in [-0.3, -0.25) is 9.59 Å². The number of ether oxygens (including phenoxy) is 1. The molecule has 0 saturated heterocycles. The van der Waals surface area contributed by atoms with Crippen LogP contribution < -0.4 is 20.9 Å². The van der Waals surface area contributed by atoms with Crippen molar-refractivity contribution in [1.82, 2.24) is 25.7 Å². The number of H-pyrrole nitrogens is 1. The molecule has 0 unspecified atom stereocenters. The quantitative estimate of drug-likeness (QED) is 0.299. The Kier molecular flexibility index (Phi) is 6.69. The molecule has 10 nitrogen and oxygen atoms in total. The summed E-state index contributed by atoms with van der Waals surface area (Å²) >= 11 is 0. The van der Waals surface area contributed by atoms with E-state index in [0.717, 1.165) is 41.5 Å². The largest absolute Gasteiger partial charge is 0.493 e. The maximum Gasteiger partial charge on any atom is 0.272 e. The maximum atomic E-state index is 12.2. The number of unbranched alkanes of at least 4 members (excludes halogenated alkanes) is 1. The summed E-state index contributed by atoms with van der Waals surface area (Å²) in [4.78, 5) is 28.5. The van der Waals surface area contributed by atoms with Crippen LogP contribution in [-0.2, 0) is 17.6 Å². The van der Waals surface area contributed by atoms with E-state index in [1.54, 1.807) is 6.07 Å². The Labute approximate surface area is 201 Å². The summed E-state index contributed by atoms with van der Waals surface area (Å²) in [5.74, 6) is 2.47. The number of hydrogen-bond acceptors (Lipinski definition) is 8. The lowest BCUT2D eigenvalue weighted by Gasteiger charge is -2.08. The van der Waals surface area contributed by atoms with Gasteiger partial charge in [-0.1, -0.05) is 23.4 Å². The van der Waals surface area contributed by atoms with Crippen molar-refractivity contribution < 1.29 is 14.1 Å². The number of anilines is 1. The van der Waals surface area contributed by atoms with Crippen LogP contribution in [0.25, 0.3) is 22.2 Å². The van der Waals surface area contributed by atoms with E-state index >= 15 is 0 Å². The van der Waals surface area contributed by atoms with Gasteiger partial charge in [0.15, 0.2) is 5.82 Å². The lowest BCUT2D eigenvalue weighted by atomic mass is 10.1. The first kappa shape index (κ1) is 22.6. The molecule has 0 fully saturated rings. The number of aromatic amines is 1. The van der Waals surface area contributed by atoms with Crippen LogP contribution in [0.1, 0.15) is 30.7 Å². The van der Waals surface area contributed by atoms with E-state index in [-0.39, 0.29) is 17.9 Å². The first-order valence-corrected chi connectivity index (χ1v) is 11.7. The molecule has 10 heteroatoms. The van der Waals surface area contributed by atoms with Crippen LogP contribution in [0.2, 0.25) is 0 Å². The van der Waals surface area contributed by atoms with Crippen molar-refractivity contribution in [3.63, 3.8) is 0 Å². The zero-order chi connectivity index (χ0) is 24.0. The minimum Gasteiger partial charge on any atom is -0.493 e. The lowest BCUT2D eigenvalue weighted by molar-refractivity contribution is -0.121. The van der Waals surface area contributed by atoms with E-state index < -0.39 is 0 Å². The smallest absolute Gasteiger partial charge is 0.272 e. The summed E-state index contributed by atoms with van der Waals surface area (Å²) in [5.41, 5.74) is 1.82. The minimum absolute atomic E-state index is 0.0549. The number of carbonyl (C=O) groups is 1. The van der Waals surface area contributed by atoms with E-state index in [1.165, 1.54) is 0 Å². The number of nitrogens with zero attached hydrogens (tertiary/aromatic N) is 3. The summed E-state index contributed by atoms with van der Waals surface area (Å²) in [6.07, 6.45) is 3.21. The van der Waals surface area contributed by atoms with Gasteiger partial charge in [-0.2, -0.15) is 10.1 Å². The summed E-state index contributed by atoms with van der Waals surface area (Å²) < 4.78 is 10.8. The van der Waals surface area contributed by atoms with Gasteiger partial charge in [0.05, 0.1) is 12.0 Å². The number of aromatic nitrogens is 4. The van der Waals surface area contributed by atoms with Gasteiger partial charge in [0.25, 0.3) is 5.56 Å². The molecule has 0 atom stereocenters. The number of fused-ring (bicyclic) bond motifs is 2. The summed E-state index contributed by atoms with van der Waals surface area (Å²) in [6.45, 7) is 1.95. The van der Waals surface area contributed by atoms with Gasteiger partial charge >= 0.3 is 0 Å². The minimum atomic E-state index is -0.205. The van der Waals surface area contributed by atoms with Gasteiger partial charge in [0.1, 0.15) is 5.75 Å². The average molecular weight is 475 g/mol. The molecule has 0 saturated carbocycles. The first-order chi connectivity index (χ1) is 17.2. The Balaban J connectivity index is 1.01. The number of carbonyl (C=O) groups excluding carboxylic acids is 1. The predicted molar refractivity (Wildman–Crippen MR) is 130 cm³/mol. The van der Waals surface area contributed by atoms with Crippen molar-refractivity contribution in [2.75, 3.05) is 25.0 Å². The molecule has 2 aromatic heterocycles. The molecule has 3 heterocycles. The summed E-state index contributed by atoms with van der Waals surface area (Å²) in [6, 6.07) is 13.2. The topological polar surface area (TPSA) is 135 Å². The molecule has 1 aliphatic heterocycles. The second-order valence-corrected chi connectivity index (χ2v) is 8.36. The highest BCUT2D eigenvalue weighted by Crippen LogP contribution is 2.29. The van der Waals surface area contributed by atoms with Crippen LogP contribution in [-0.4, -0.2) is 45.9 Å². The van der Waals surface area contributed by atoms with Gasteiger partial charge in [-0.05, 0) is 42.7 Å². The molecule has 4 aromatic rings. The molecule has 180 valence electrons. The highest BCUT2D eigenvalue weighted by Gasteiger charge is 2.16. The fourth-order valence-electron chi connectivity index (χ4n) is 4.04. The zero-order valence-electron chi connectivity index (χ0n) is 19.2. The normalized spacial score (nSPS) is 12.3. The van der Waals surface area contributed by atoms with Crippen molar-refractivity contribution in [2.24, 2.45) is 0 Å². The number of rotatable bonds is 10. The fourth-order valence-corrected chi connectivity index (χ4v) is 4.04. The fraction of sp³-hybridized carbons (Fsp3) is 0.320.